The summed E-state index contributed by atoms with van der Waals surface area (Å²) in [7, 11) is 0. The highest BCUT2D eigenvalue weighted by molar-refractivity contribution is 6.30. The van der Waals surface area contributed by atoms with Crippen LogP contribution in [0, 0.1) is 6.92 Å². The topological polar surface area (TPSA) is 68.0 Å². The molecule has 2 aromatic rings. The van der Waals surface area contributed by atoms with E-state index in [2.05, 4.69) is 15.5 Å². The van der Waals surface area contributed by atoms with E-state index in [0.717, 1.165) is 12.0 Å². The summed E-state index contributed by atoms with van der Waals surface area (Å²) in [6, 6.07) is 7.61. The van der Waals surface area contributed by atoms with Crippen molar-refractivity contribution in [2.75, 3.05) is 6.54 Å². The molecule has 0 bridgehead atoms. The van der Waals surface area contributed by atoms with Gasteiger partial charge in [0.15, 0.2) is 0 Å². The molecule has 0 atom stereocenters. The van der Waals surface area contributed by atoms with Crippen molar-refractivity contribution in [1.29, 1.82) is 0 Å². The van der Waals surface area contributed by atoms with E-state index in [-0.39, 0.29) is 5.91 Å². The second-order valence-electron chi connectivity index (χ2n) is 4.44. The minimum absolute atomic E-state index is 0.0251. The van der Waals surface area contributed by atoms with E-state index in [0.29, 0.717) is 36.2 Å². The Morgan fingerprint density at radius 1 is 1.35 bits per heavy atom. The highest BCUT2D eigenvalue weighted by Gasteiger charge is 2.06. The second-order valence-corrected chi connectivity index (χ2v) is 4.88. The van der Waals surface area contributed by atoms with Gasteiger partial charge in [-0.3, -0.25) is 4.79 Å². The minimum atomic E-state index is -0.0251. The number of nitrogens with zero attached hydrogens (tertiary/aromatic N) is 2. The molecule has 1 amide bonds. The lowest BCUT2D eigenvalue weighted by molar-refractivity contribution is -0.121. The van der Waals surface area contributed by atoms with Crippen LogP contribution in [0.5, 0.6) is 0 Å². The molecule has 2 rings (SSSR count). The van der Waals surface area contributed by atoms with Crippen molar-refractivity contribution in [3.8, 4) is 0 Å². The average molecular weight is 294 g/mol. The first-order chi connectivity index (χ1) is 9.63. The van der Waals surface area contributed by atoms with Crippen molar-refractivity contribution in [3.05, 3.63) is 46.6 Å². The fourth-order valence-electron chi connectivity index (χ4n) is 1.79. The number of aryl methyl sites for hydroxylation is 2. The molecule has 106 valence electrons. The van der Waals surface area contributed by atoms with Crippen LogP contribution in [0.15, 0.2) is 28.7 Å². The van der Waals surface area contributed by atoms with Crippen molar-refractivity contribution in [3.63, 3.8) is 0 Å². The van der Waals surface area contributed by atoms with Gasteiger partial charge in [0.2, 0.25) is 17.7 Å². The van der Waals surface area contributed by atoms with E-state index >= 15 is 0 Å². The summed E-state index contributed by atoms with van der Waals surface area (Å²) < 4.78 is 5.20. The Balaban J connectivity index is 1.67. The Morgan fingerprint density at radius 2 is 2.20 bits per heavy atom. The Bertz CT molecular complexity index is 583. The summed E-state index contributed by atoms with van der Waals surface area (Å²) >= 11 is 5.90. The van der Waals surface area contributed by atoms with E-state index in [4.69, 9.17) is 16.0 Å². The van der Waals surface area contributed by atoms with Gasteiger partial charge in [-0.2, -0.15) is 0 Å². The molecule has 1 aromatic heterocycles. The van der Waals surface area contributed by atoms with Gasteiger partial charge in [0.25, 0.3) is 0 Å². The summed E-state index contributed by atoms with van der Waals surface area (Å²) in [6.07, 6.45) is 1.56. The predicted octanol–water partition coefficient (Wildman–Crippen LogP) is 2.32. The maximum absolute atomic E-state index is 11.7. The maximum Gasteiger partial charge on any atom is 0.220 e. The Labute approximate surface area is 122 Å². The first-order valence-electron chi connectivity index (χ1n) is 6.43. The molecule has 1 N–H and O–H groups in total. The molecule has 20 heavy (non-hydrogen) atoms. The van der Waals surface area contributed by atoms with Crippen LogP contribution in [0.1, 0.15) is 23.8 Å². The van der Waals surface area contributed by atoms with Crippen LogP contribution in [0.25, 0.3) is 0 Å². The van der Waals surface area contributed by atoms with Gasteiger partial charge < -0.3 is 9.73 Å². The number of benzene rings is 1. The van der Waals surface area contributed by atoms with Crippen molar-refractivity contribution < 1.29 is 9.21 Å². The zero-order valence-corrected chi connectivity index (χ0v) is 12.0. The van der Waals surface area contributed by atoms with Gasteiger partial charge in [-0.25, -0.2) is 0 Å². The number of hydrogen-bond donors (Lipinski definition) is 1. The smallest absolute Gasteiger partial charge is 0.220 e. The van der Waals surface area contributed by atoms with Gasteiger partial charge in [-0.15, -0.1) is 10.2 Å². The lowest BCUT2D eigenvalue weighted by Crippen LogP contribution is -2.25. The highest BCUT2D eigenvalue weighted by Crippen LogP contribution is 2.10. The molecular formula is C14H16ClN3O2. The lowest BCUT2D eigenvalue weighted by Gasteiger charge is -2.04. The zero-order valence-electron chi connectivity index (χ0n) is 11.2. The molecule has 0 fully saturated rings. The molecule has 5 nitrogen and oxygen atoms in total. The highest BCUT2D eigenvalue weighted by atomic mass is 35.5. The number of rotatable bonds is 6. The number of amides is 1. The fraction of sp³-hybridized carbons (Fsp3) is 0.357. The molecule has 0 spiro atoms. The molecule has 0 saturated carbocycles. The van der Waals surface area contributed by atoms with Crippen LogP contribution in [0.2, 0.25) is 5.02 Å². The summed E-state index contributed by atoms with van der Waals surface area (Å²) in [4.78, 5) is 11.7. The monoisotopic (exact) mass is 293 g/mol. The molecule has 0 aliphatic rings. The van der Waals surface area contributed by atoms with E-state index < -0.39 is 0 Å². The first-order valence-corrected chi connectivity index (χ1v) is 6.81. The van der Waals surface area contributed by atoms with Crippen molar-refractivity contribution in [1.82, 2.24) is 15.5 Å². The normalized spacial score (nSPS) is 10.5. The van der Waals surface area contributed by atoms with Gasteiger partial charge in [-0.1, -0.05) is 23.7 Å². The average Bonchev–Trinajstić information content (AvgIpc) is 2.82. The molecule has 0 radical (unpaired) electrons. The fourth-order valence-corrected chi connectivity index (χ4v) is 2.00. The molecule has 6 heteroatoms. The summed E-state index contributed by atoms with van der Waals surface area (Å²) in [6.45, 7) is 2.31. The quantitative estimate of drug-likeness (QED) is 0.887. The van der Waals surface area contributed by atoms with Gasteiger partial charge >= 0.3 is 0 Å². The van der Waals surface area contributed by atoms with Crippen molar-refractivity contribution in [2.24, 2.45) is 0 Å². The summed E-state index contributed by atoms with van der Waals surface area (Å²) in [5.74, 6) is 0.983. The third kappa shape index (κ3) is 4.66. The molecule has 0 unspecified atom stereocenters. The minimum Gasteiger partial charge on any atom is -0.426 e. The Morgan fingerprint density at radius 3 is 2.90 bits per heavy atom. The van der Waals surface area contributed by atoms with Gasteiger partial charge in [0.1, 0.15) is 0 Å². The Hall–Kier alpha value is -1.88. The standard InChI is InChI=1S/C14H16ClN3O2/c1-10-17-18-14(20-10)6-5-13(19)16-8-7-11-3-2-4-12(15)9-11/h2-4,9H,5-8H2,1H3,(H,16,19). The summed E-state index contributed by atoms with van der Waals surface area (Å²) in [5.41, 5.74) is 1.10. The molecule has 1 aromatic carbocycles. The number of aromatic nitrogens is 2. The third-order valence-electron chi connectivity index (χ3n) is 2.76. The van der Waals surface area contributed by atoms with Gasteiger partial charge in [0, 0.05) is 31.3 Å². The number of hydrogen-bond acceptors (Lipinski definition) is 4. The van der Waals surface area contributed by atoms with E-state index in [1.165, 1.54) is 0 Å². The zero-order chi connectivity index (χ0) is 14.4. The van der Waals surface area contributed by atoms with Crippen LogP contribution < -0.4 is 5.32 Å². The lowest BCUT2D eigenvalue weighted by atomic mass is 10.1. The second kappa shape index (κ2) is 7.05. The maximum atomic E-state index is 11.7. The largest absolute Gasteiger partial charge is 0.426 e. The van der Waals surface area contributed by atoms with E-state index in [1.807, 2.05) is 24.3 Å². The predicted molar refractivity (Wildman–Crippen MR) is 75.5 cm³/mol. The molecule has 0 saturated heterocycles. The number of nitrogens with one attached hydrogen (secondary N) is 1. The number of halogens is 1. The van der Waals surface area contributed by atoms with Crippen LogP contribution in [-0.4, -0.2) is 22.6 Å². The molecule has 0 aliphatic carbocycles. The third-order valence-corrected chi connectivity index (χ3v) is 2.99. The van der Waals surface area contributed by atoms with E-state index in [1.54, 1.807) is 6.92 Å². The molecular weight excluding hydrogens is 278 g/mol. The van der Waals surface area contributed by atoms with E-state index in [9.17, 15) is 4.79 Å². The van der Waals surface area contributed by atoms with Crippen LogP contribution in [-0.2, 0) is 17.6 Å². The molecule has 0 aliphatic heterocycles. The van der Waals surface area contributed by atoms with Crippen molar-refractivity contribution in [2.45, 2.75) is 26.2 Å². The van der Waals surface area contributed by atoms with Gasteiger partial charge in [-0.05, 0) is 24.1 Å². The number of carbonyl (C=O) groups excluding carboxylic acids is 1. The first kappa shape index (κ1) is 14.5. The summed E-state index contributed by atoms with van der Waals surface area (Å²) in [5, 5.41) is 11.1. The molecule has 1 heterocycles. The van der Waals surface area contributed by atoms with Crippen LogP contribution in [0.4, 0.5) is 0 Å². The Kier molecular flexibility index (Phi) is 5.12. The number of carbonyl (C=O) groups is 1. The van der Waals surface area contributed by atoms with Gasteiger partial charge in [0.05, 0.1) is 0 Å². The van der Waals surface area contributed by atoms with Crippen LogP contribution >= 0.6 is 11.6 Å². The SMILES string of the molecule is Cc1nnc(CCC(=O)NCCc2cccc(Cl)c2)o1. The van der Waals surface area contributed by atoms with Crippen LogP contribution in [0.3, 0.4) is 0 Å². The van der Waals surface area contributed by atoms with Crippen molar-refractivity contribution >= 4 is 17.5 Å².